The molecule has 0 aliphatic rings. The van der Waals surface area contributed by atoms with E-state index in [2.05, 4.69) is 15.0 Å². The summed E-state index contributed by atoms with van der Waals surface area (Å²) in [6, 6.07) is 11.3. The van der Waals surface area contributed by atoms with Crippen LogP contribution < -0.4 is 19.5 Å². The summed E-state index contributed by atoms with van der Waals surface area (Å²) < 4.78 is 46.3. The van der Waals surface area contributed by atoms with Gasteiger partial charge in [-0.2, -0.15) is 8.78 Å². The van der Waals surface area contributed by atoms with Crippen molar-refractivity contribution < 1.29 is 32.2 Å². The zero-order chi connectivity index (χ0) is 23.6. The number of aromatic nitrogens is 1. The van der Waals surface area contributed by atoms with Crippen molar-refractivity contribution in [3.05, 3.63) is 72.3 Å². The van der Waals surface area contributed by atoms with Gasteiger partial charge in [0.1, 0.15) is 12.0 Å². The van der Waals surface area contributed by atoms with E-state index in [1.807, 2.05) is 13.8 Å². The molecule has 2 aromatic carbocycles. The summed E-state index contributed by atoms with van der Waals surface area (Å²) in [6.45, 7) is 1.33. The van der Waals surface area contributed by atoms with Crippen molar-refractivity contribution in [2.75, 3.05) is 6.61 Å². The topological polar surface area (TPSA) is 82.8 Å². The van der Waals surface area contributed by atoms with E-state index in [9.17, 15) is 13.6 Å². The minimum Gasteiger partial charge on any atom is -0.493 e. The predicted octanol–water partition coefficient (Wildman–Crippen LogP) is 5.57. The molecule has 3 aromatic rings. The molecule has 0 bridgehead atoms. The highest BCUT2D eigenvalue weighted by Gasteiger charge is 2.16. The van der Waals surface area contributed by atoms with Crippen LogP contribution in [0.15, 0.2) is 65.5 Å². The molecule has 0 atom stereocenters. The molecular formula is C24H24F2N2O5. The number of para-hydroxylation sites is 1. The van der Waals surface area contributed by atoms with Crippen LogP contribution in [0.3, 0.4) is 0 Å². The van der Waals surface area contributed by atoms with E-state index in [1.165, 1.54) is 30.7 Å². The molecule has 1 aromatic heterocycles. The number of hydrogen-bond donors (Lipinski definition) is 1. The maximum Gasteiger partial charge on any atom is 0.387 e. The summed E-state index contributed by atoms with van der Waals surface area (Å²) in [4.78, 5) is 16.9. The van der Waals surface area contributed by atoms with Crippen LogP contribution in [-0.2, 0) is 6.54 Å². The minimum absolute atomic E-state index is 0.0954. The summed E-state index contributed by atoms with van der Waals surface area (Å²) in [7, 11) is 0. The molecular weight excluding hydrogens is 434 g/mol. The minimum atomic E-state index is -2.99. The van der Waals surface area contributed by atoms with Gasteiger partial charge in [-0.1, -0.05) is 19.1 Å². The van der Waals surface area contributed by atoms with Gasteiger partial charge < -0.3 is 23.9 Å². The number of rotatable bonds is 11. The van der Waals surface area contributed by atoms with Crippen molar-refractivity contribution >= 4 is 5.91 Å². The third kappa shape index (κ3) is 6.55. The van der Waals surface area contributed by atoms with E-state index in [0.717, 1.165) is 0 Å². The van der Waals surface area contributed by atoms with E-state index >= 15 is 0 Å². The SMILES string of the molecule is CCC=COc1cc(-c2nc(CNC(=O)c3ccccc3OCC)co2)ccc1OC(F)F. The molecule has 174 valence electrons. The summed E-state index contributed by atoms with van der Waals surface area (Å²) in [5.74, 6) is 0.408. The average molecular weight is 458 g/mol. The smallest absolute Gasteiger partial charge is 0.387 e. The van der Waals surface area contributed by atoms with Gasteiger partial charge in [-0.25, -0.2) is 4.98 Å². The number of ether oxygens (including phenoxy) is 3. The van der Waals surface area contributed by atoms with Crippen molar-refractivity contribution in [1.82, 2.24) is 10.3 Å². The number of allylic oxidation sites excluding steroid dienone is 1. The molecule has 0 aliphatic carbocycles. The first-order valence-corrected chi connectivity index (χ1v) is 10.4. The summed E-state index contributed by atoms with van der Waals surface area (Å²) in [5.41, 5.74) is 1.39. The normalized spacial score (nSPS) is 11.1. The molecule has 7 nitrogen and oxygen atoms in total. The average Bonchev–Trinajstić information content (AvgIpc) is 3.28. The number of benzene rings is 2. The van der Waals surface area contributed by atoms with Crippen LogP contribution in [0.2, 0.25) is 0 Å². The Bertz CT molecular complexity index is 1100. The van der Waals surface area contributed by atoms with E-state index in [1.54, 1.807) is 30.3 Å². The van der Waals surface area contributed by atoms with E-state index in [0.29, 0.717) is 35.6 Å². The molecule has 33 heavy (non-hydrogen) atoms. The maximum absolute atomic E-state index is 12.7. The molecule has 1 N–H and O–H groups in total. The third-order valence-corrected chi connectivity index (χ3v) is 4.35. The highest BCUT2D eigenvalue weighted by atomic mass is 19.3. The standard InChI is InChI=1S/C24H24F2N2O5/c1-3-5-12-31-21-13-16(10-11-20(21)33-24(25)26)23-28-17(15-32-23)14-27-22(29)18-8-6-7-9-19(18)30-4-2/h5-13,15,24H,3-4,14H2,1-2H3,(H,27,29). The predicted molar refractivity (Wildman–Crippen MR) is 117 cm³/mol. The molecule has 9 heteroatoms. The third-order valence-electron chi connectivity index (χ3n) is 4.35. The number of nitrogens with zero attached hydrogens (tertiary/aromatic N) is 1. The van der Waals surface area contributed by atoms with Crippen molar-refractivity contribution in [1.29, 1.82) is 0 Å². The summed E-state index contributed by atoms with van der Waals surface area (Å²) in [6.07, 6.45) is 5.25. The second-order valence-electron chi connectivity index (χ2n) is 6.69. The molecule has 1 amide bonds. The largest absolute Gasteiger partial charge is 0.493 e. The molecule has 1 heterocycles. The second kappa shape index (κ2) is 11.7. The second-order valence-corrected chi connectivity index (χ2v) is 6.69. The first-order valence-electron chi connectivity index (χ1n) is 10.4. The Morgan fingerprint density at radius 2 is 1.97 bits per heavy atom. The monoisotopic (exact) mass is 458 g/mol. The maximum atomic E-state index is 12.7. The van der Waals surface area contributed by atoms with Gasteiger partial charge in [-0.05, 0) is 49.8 Å². The molecule has 0 saturated heterocycles. The molecule has 0 saturated carbocycles. The van der Waals surface area contributed by atoms with Crippen LogP contribution in [0.1, 0.15) is 36.3 Å². The Hall–Kier alpha value is -3.88. The lowest BCUT2D eigenvalue weighted by Gasteiger charge is -2.10. The fraction of sp³-hybridized carbons (Fsp3) is 0.250. The Labute approximate surface area is 190 Å². The van der Waals surface area contributed by atoms with Gasteiger partial charge in [0.2, 0.25) is 5.89 Å². The first kappa shape index (κ1) is 23.8. The van der Waals surface area contributed by atoms with Gasteiger partial charge in [-0.15, -0.1) is 0 Å². The van der Waals surface area contributed by atoms with Gasteiger partial charge >= 0.3 is 6.61 Å². The van der Waals surface area contributed by atoms with Crippen molar-refractivity contribution in [2.24, 2.45) is 0 Å². The van der Waals surface area contributed by atoms with Gasteiger partial charge in [0.15, 0.2) is 11.5 Å². The van der Waals surface area contributed by atoms with Crippen molar-refractivity contribution in [3.63, 3.8) is 0 Å². The number of oxazole rings is 1. The molecule has 3 rings (SSSR count). The van der Waals surface area contributed by atoms with Crippen LogP contribution in [0.5, 0.6) is 17.2 Å². The highest BCUT2D eigenvalue weighted by Crippen LogP contribution is 2.33. The van der Waals surface area contributed by atoms with Crippen molar-refractivity contribution in [3.8, 4) is 28.7 Å². The van der Waals surface area contributed by atoms with Gasteiger partial charge in [0, 0.05) is 5.56 Å². The molecule has 0 unspecified atom stereocenters. The number of amides is 1. The fourth-order valence-electron chi connectivity index (χ4n) is 2.87. The number of carbonyl (C=O) groups is 1. The first-order chi connectivity index (χ1) is 16.0. The van der Waals surface area contributed by atoms with Crippen LogP contribution >= 0.6 is 0 Å². The number of nitrogens with one attached hydrogen (secondary N) is 1. The Balaban J connectivity index is 1.72. The fourth-order valence-corrected chi connectivity index (χ4v) is 2.87. The van der Waals surface area contributed by atoms with Gasteiger partial charge in [-0.3, -0.25) is 4.79 Å². The zero-order valence-electron chi connectivity index (χ0n) is 18.2. The number of halogens is 2. The van der Waals surface area contributed by atoms with Crippen LogP contribution in [-0.4, -0.2) is 24.1 Å². The summed E-state index contributed by atoms with van der Waals surface area (Å²) >= 11 is 0. The van der Waals surface area contributed by atoms with E-state index in [4.69, 9.17) is 13.9 Å². The van der Waals surface area contributed by atoms with Gasteiger partial charge in [0.25, 0.3) is 5.91 Å². The zero-order valence-corrected chi connectivity index (χ0v) is 18.2. The van der Waals surface area contributed by atoms with Gasteiger partial charge in [0.05, 0.1) is 30.7 Å². The number of carbonyl (C=O) groups excluding carboxylic acids is 1. The quantitative estimate of drug-likeness (QED) is 0.378. The number of alkyl halides is 2. The molecule has 0 radical (unpaired) electrons. The van der Waals surface area contributed by atoms with E-state index in [-0.39, 0.29) is 29.8 Å². The Kier molecular flexibility index (Phi) is 8.40. The number of hydrogen-bond acceptors (Lipinski definition) is 6. The molecule has 0 fully saturated rings. The van der Waals surface area contributed by atoms with E-state index < -0.39 is 6.61 Å². The lowest BCUT2D eigenvalue weighted by molar-refractivity contribution is -0.0510. The molecule has 0 aliphatic heterocycles. The van der Waals surface area contributed by atoms with Crippen molar-refractivity contribution in [2.45, 2.75) is 33.4 Å². The lowest BCUT2D eigenvalue weighted by Crippen LogP contribution is -2.23. The summed E-state index contributed by atoms with van der Waals surface area (Å²) in [5, 5.41) is 2.78. The van der Waals surface area contributed by atoms with Crippen LogP contribution in [0.4, 0.5) is 8.78 Å². The highest BCUT2D eigenvalue weighted by molar-refractivity contribution is 5.96. The Morgan fingerprint density at radius 1 is 1.15 bits per heavy atom. The molecule has 0 spiro atoms. The van der Waals surface area contributed by atoms with Crippen LogP contribution in [0.25, 0.3) is 11.5 Å². The van der Waals surface area contributed by atoms with Crippen LogP contribution in [0, 0.1) is 0 Å². The Morgan fingerprint density at radius 3 is 2.73 bits per heavy atom. The lowest BCUT2D eigenvalue weighted by atomic mass is 10.2.